The Morgan fingerprint density at radius 1 is 1.12 bits per heavy atom. The highest BCUT2D eigenvalue weighted by Crippen LogP contribution is 2.38. The van der Waals surface area contributed by atoms with Gasteiger partial charge in [0.15, 0.2) is 0 Å². The molecule has 4 heteroatoms. The summed E-state index contributed by atoms with van der Waals surface area (Å²) in [6, 6.07) is 18.7. The fourth-order valence-corrected chi connectivity index (χ4v) is 4.33. The molecule has 0 bridgehead atoms. The molecule has 0 radical (unpaired) electrons. The number of halogens is 1. The van der Waals surface area contributed by atoms with Gasteiger partial charge in [-0.2, -0.15) is 0 Å². The van der Waals surface area contributed by atoms with Gasteiger partial charge in [0, 0.05) is 29.2 Å². The normalized spacial score (nSPS) is 23.2. The largest absolute Gasteiger partial charge is 0.320 e. The van der Waals surface area contributed by atoms with Crippen molar-refractivity contribution in [2.75, 3.05) is 0 Å². The molecule has 1 fully saturated rings. The Hall–Kier alpha value is -1.94. The molecule has 26 heavy (non-hydrogen) atoms. The molecule has 0 spiro atoms. The van der Waals surface area contributed by atoms with Crippen LogP contribution < -0.4 is 11.1 Å². The topological polar surface area (TPSA) is 50.9 Å². The summed E-state index contributed by atoms with van der Waals surface area (Å²) in [4.78, 5) is 4.49. The summed E-state index contributed by atoms with van der Waals surface area (Å²) in [7, 11) is 0. The van der Waals surface area contributed by atoms with E-state index in [9.17, 15) is 0 Å². The van der Waals surface area contributed by atoms with Gasteiger partial charge in [-0.15, -0.1) is 0 Å². The molecule has 1 aromatic heterocycles. The van der Waals surface area contributed by atoms with Gasteiger partial charge in [0.05, 0.1) is 11.1 Å². The lowest BCUT2D eigenvalue weighted by Crippen LogP contribution is -2.56. The van der Waals surface area contributed by atoms with E-state index in [-0.39, 0.29) is 6.04 Å². The number of nitrogens with one attached hydrogen (secondary N) is 1. The third-order valence-corrected chi connectivity index (χ3v) is 5.79. The van der Waals surface area contributed by atoms with Gasteiger partial charge in [-0.1, -0.05) is 60.8 Å². The van der Waals surface area contributed by atoms with Gasteiger partial charge in [-0.3, -0.25) is 4.98 Å². The second kappa shape index (κ2) is 7.36. The quantitative estimate of drug-likeness (QED) is 0.699. The van der Waals surface area contributed by atoms with Crippen molar-refractivity contribution in [2.45, 2.75) is 43.8 Å². The summed E-state index contributed by atoms with van der Waals surface area (Å²) < 4.78 is 0. The van der Waals surface area contributed by atoms with E-state index in [1.54, 1.807) is 0 Å². The van der Waals surface area contributed by atoms with Gasteiger partial charge in [-0.25, -0.2) is 0 Å². The van der Waals surface area contributed by atoms with Crippen molar-refractivity contribution in [1.29, 1.82) is 0 Å². The number of nitrogens with two attached hydrogens (primary N) is 1. The van der Waals surface area contributed by atoms with E-state index in [0.717, 1.165) is 36.7 Å². The number of hydrogen-bond acceptors (Lipinski definition) is 3. The van der Waals surface area contributed by atoms with Crippen LogP contribution in [0.25, 0.3) is 10.9 Å². The van der Waals surface area contributed by atoms with Crippen molar-refractivity contribution in [3.8, 4) is 0 Å². The molecule has 3 N–H and O–H groups in total. The van der Waals surface area contributed by atoms with Gasteiger partial charge in [0.1, 0.15) is 0 Å². The van der Waals surface area contributed by atoms with Gasteiger partial charge < -0.3 is 11.1 Å². The molecule has 1 aliphatic carbocycles. The number of benzene rings is 2. The van der Waals surface area contributed by atoms with Crippen LogP contribution in [0.5, 0.6) is 0 Å². The first kappa shape index (κ1) is 17.5. The Labute approximate surface area is 159 Å². The third kappa shape index (κ3) is 3.35. The number of fused-ring (bicyclic) bond motifs is 1. The van der Waals surface area contributed by atoms with E-state index in [4.69, 9.17) is 17.3 Å². The molecule has 0 saturated heterocycles. The molecule has 1 heterocycles. The molecule has 4 rings (SSSR count). The zero-order valence-corrected chi connectivity index (χ0v) is 15.5. The number of nitrogens with zero attached hydrogens (tertiary/aromatic N) is 1. The number of rotatable bonds is 4. The van der Waals surface area contributed by atoms with Crippen LogP contribution in [-0.2, 0) is 12.1 Å². The third-order valence-electron chi connectivity index (χ3n) is 5.56. The first-order valence-electron chi connectivity index (χ1n) is 9.28. The van der Waals surface area contributed by atoms with Crippen LogP contribution in [0.2, 0.25) is 5.02 Å². The first-order valence-corrected chi connectivity index (χ1v) is 9.65. The lowest BCUT2D eigenvalue weighted by Gasteiger charge is -2.43. The zero-order valence-electron chi connectivity index (χ0n) is 14.8. The van der Waals surface area contributed by atoms with E-state index in [1.165, 1.54) is 17.5 Å². The summed E-state index contributed by atoms with van der Waals surface area (Å²) in [6.07, 6.45) is 6.27. The van der Waals surface area contributed by atoms with Crippen LogP contribution >= 0.6 is 11.6 Å². The van der Waals surface area contributed by atoms with Crippen LogP contribution in [0.3, 0.4) is 0 Å². The summed E-state index contributed by atoms with van der Waals surface area (Å²) in [5, 5.41) is 5.54. The Morgan fingerprint density at radius 2 is 1.96 bits per heavy atom. The van der Waals surface area contributed by atoms with Crippen LogP contribution in [0.1, 0.15) is 36.8 Å². The number of pyridine rings is 1. The lowest BCUT2D eigenvalue weighted by atomic mass is 9.72. The predicted molar refractivity (Wildman–Crippen MR) is 108 cm³/mol. The molecule has 0 aliphatic heterocycles. The summed E-state index contributed by atoms with van der Waals surface area (Å²) >= 11 is 6.15. The SMILES string of the molecule is NC1(c2ccnc3cc(Cl)ccc23)CCCCC1NCc1ccccc1. The Balaban J connectivity index is 1.68. The maximum atomic E-state index is 7.07. The highest BCUT2D eigenvalue weighted by Gasteiger charge is 2.39. The van der Waals surface area contributed by atoms with Gasteiger partial charge >= 0.3 is 0 Å². The molecular weight excluding hydrogens is 342 g/mol. The van der Waals surface area contributed by atoms with E-state index in [1.807, 2.05) is 24.4 Å². The minimum absolute atomic E-state index is 0.234. The molecule has 134 valence electrons. The molecule has 0 amide bonds. The second-order valence-corrected chi connectivity index (χ2v) is 7.66. The standard InChI is InChI=1S/C22H24ClN3/c23-17-9-10-18-19(11-13-25-20(18)14-17)22(24)12-5-4-8-21(22)26-15-16-6-2-1-3-7-16/h1-3,6-7,9-11,13-14,21,26H,4-5,8,12,15,24H2. The van der Waals surface area contributed by atoms with E-state index in [2.05, 4.69) is 46.7 Å². The van der Waals surface area contributed by atoms with Crippen LogP contribution in [0.15, 0.2) is 60.8 Å². The molecule has 1 aliphatic rings. The van der Waals surface area contributed by atoms with Crippen molar-refractivity contribution >= 4 is 22.5 Å². The first-order chi connectivity index (χ1) is 12.7. The maximum Gasteiger partial charge on any atom is 0.0720 e. The zero-order chi connectivity index (χ0) is 18.0. The molecule has 2 atom stereocenters. The molecular formula is C22H24ClN3. The molecule has 2 aromatic carbocycles. The highest BCUT2D eigenvalue weighted by atomic mass is 35.5. The number of aromatic nitrogens is 1. The Bertz CT molecular complexity index is 896. The molecule has 1 saturated carbocycles. The fourth-order valence-electron chi connectivity index (χ4n) is 4.17. The van der Waals surface area contributed by atoms with Gasteiger partial charge in [-0.05, 0) is 42.2 Å². The van der Waals surface area contributed by atoms with Crippen molar-refractivity contribution in [1.82, 2.24) is 10.3 Å². The summed E-state index contributed by atoms with van der Waals surface area (Å²) in [5.41, 5.74) is 10.0. The lowest BCUT2D eigenvalue weighted by molar-refractivity contribution is 0.217. The van der Waals surface area contributed by atoms with E-state index < -0.39 is 5.54 Å². The Kier molecular flexibility index (Phi) is 4.94. The van der Waals surface area contributed by atoms with Crippen molar-refractivity contribution < 1.29 is 0 Å². The maximum absolute atomic E-state index is 7.07. The van der Waals surface area contributed by atoms with Gasteiger partial charge in [0.25, 0.3) is 0 Å². The van der Waals surface area contributed by atoms with Crippen LogP contribution in [0, 0.1) is 0 Å². The predicted octanol–water partition coefficient (Wildman–Crippen LogP) is 4.77. The van der Waals surface area contributed by atoms with Crippen molar-refractivity contribution in [3.05, 3.63) is 76.9 Å². The molecule has 3 nitrogen and oxygen atoms in total. The molecule has 2 unspecified atom stereocenters. The van der Waals surface area contributed by atoms with Gasteiger partial charge in [0.2, 0.25) is 0 Å². The minimum atomic E-state index is -0.401. The second-order valence-electron chi connectivity index (χ2n) is 7.23. The van der Waals surface area contributed by atoms with Crippen LogP contribution in [-0.4, -0.2) is 11.0 Å². The smallest absolute Gasteiger partial charge is 0.0720 e. The number of hydrogen-bond donors (Lipinski definition) is 2. The van der Waals surface area contributed by atoms with E-state index in [0.29, 0.717) is 5.02 Å². The van der Waals surface area contributed by atoms with Crippen molar-refractivity contribution in [3.63, 3.8) is 0 Å². The van der Waals surface area contributed by atoms with Crippen LogP contribution in [0.4, 0.5) is 0 Å². The monoisotopic (exact) mass is 365 g/mol. The average molecular weight is 366 g/mol. The summed E-state index contributed by atoms with van der Waals surface area (Å²) in [5.74, 6) is 0. The van der Waals surface area contributed by atoms with E-state index >= 15 is 0 Å². The highest BCUT2D eigenvalue weighted by molar-refractivity contribution is 6.31. The fraction of sp³-hybridized carbons (Fsp3) is 0.318. The summed E-state index contributed by atoms with van der Waals surface area (Å²) in [6.45, 7) is 0.833. The van der Waals surface area contributed by atoms with Crippen molar-refractivity contribution in [2.24, 2.45) is 5.73 Å². The minimum Gasteiger partial charge on any atom is -0.320 e. The average Bonchev–Trinajstić information content (AvgIpc) is 2.67. The molecule has 3 aromatic rings. The Morgan fingerprint density at radius 3 is 2.81 bits per heavy atom.